The molecule has 0 fully saturated rings. The van der Waals surface area contributed by atoms with Crippen LogP contribution in [0, 0.1) is 26.0 Å². The van der Waals surface area contributed by atoms with Crippen molar-refractivity contribution in [2.75, 3.05) is 7.05 Å². The predicted octanol–water partition coefficient (Wildman–Crippen LogP) is 2.09. The van der Waals surface area contributed by atoms with E-state index in [2.05, 4.69) is 30.3 Å². The van der Waals surface area contributed by atoms with Crippen LogP contribution in [0.15, 0.2) is 88.9 Å². The van der Waals surface area contributed by atoms with Gasteiger partial charge >= 0.3 is 11.8 Å². The molecule has 2 aromatic heterocycles. The Balaban J connectivity index is 0.000000179. The number of fused-ring (bicyclic) bond motifs is 2. The first kappa shape index (κ1) is 30.9. The van der Waals surface area contributed by atoms with Gasteiger partial charge < -0.3 is 35.7 Å². The molecular weight excluding hydrogens is 580 g/mol. The monoisotopic (exact) mass is 598 g/mol. The number of carbonyl (C=O) groups is 3. The van der Waals surface area contributed by atoms with E-state index in [0.717, 1.165) is 15.5 Å². The molecule has 0 bridgehead atoms. The smallest absolute Gasteiger partial charge is 0.322 e. The van der Waals surface area contributed by atoms with Crippen molar-refractivity contribution in [1.29, 1.82) is 0 Å². The minimum atomic E-state index is -0.642. The Kier molecular flexibility index (Phi) is 10.2. The van der Waals surface area contributed by atoms with Crippen molar-refractivity contribution < 1.29 is 43.9 Å². The van der Waals surface area contributed by atoms with E-state index < -0.39 is 11.8 Å². The van der Waals surface area contributed by atoms with Gasteiger partial charge in [-0.2, -0.15) is 5.90 Å². The molecule has 21 nitrogen and oxygen atoms in total. The van der Waals surface area contributed by atoms with Crippen LogP contribution in [0.25, 0.3) is 10.9 Å². The molecule has 0 saturated carbocycles. The van der Waals surface area contributed by atoms with E-state index in [1.165, 1.54) is 43.7 Å². The quantitative estimate of drug-likeness (QED) is 0.0799. The van der Waals surface area contributed by atoms with Gasteiger partial charge in [0.25, 0.3) is 6.47 Å². The lowest BCUT2D eigenvalue weighted by molar-refractivity contribution is -0.649. The van der Waals surface area contributed by atoms with E-state index >= 15 is 0 Å². The Morgan fingerprint density at radius 2 is 1.51 bits per heavy atom. The highest BCUT2D eigenvalue weighted by molar-refractivity contribution is 6.20. The molecule has 1 aliphatic heterocycles. The summed E-state index contributed by atoms with van der Waals surface area (Å²) in [5.41, 5.74) is 0.970. The van der Waals surface area contributed by atoms with Crippen LogP contribution in [0.3, 0.4) is 0 Å². The van der Waals surface area contributed by atoms with Crippen molar-refractivity contribution >= 4 is 29.2 Å². The Labute approximate surface area is 238 Å². The summed E-state index contributed by atoms with van der Waals surface area (Å²) in [5, 5.41) is 61.1. The fraction of sp³-hybridized carbons (Fsp3) is 0.0455. The molecule has 5 rings (SSSR count). The van der Waals surface area contributed by atoms with E-state index in [9.17, 15) is 40.4 Å². The summed E-state index contributed by atoms with van der Waals surface area (Å²) < 4.78 is 6.25. The number of carbonyl (C=O) groups excluding carboxylic acids is 3. The molecule has 0 spiro atoms. The number of nitrogens with two attached hydrogens (primary N) is 1. The van der Waals surface area contributed by atoms with Gasteiger partial charge in [-0.25, -0.2) is 0 Å². The van der Waals surface area contributed by atoms with Gasteiger partial charge in [0.05, 0.1) is 30.6 Å². The largest absolute Gasteiger partial charge is 0.737 e. The highest BCUT2D eigenvalue weighted by atomic mass is 17.3. The average molecular weight is 598 g/mol. The number of amides is 2. The van der Waals surface area contributed by atoms with Gasteiger partial charge in [-0.15, -0.1) is 0 Å². The topological polar surface area (TPSA) is 279 Å². The van der Waals surface area contributed by atoms with Gasteiger partial charge in [-0.1, -0.05) is 26.5 Å². The van der Waals surface area contributed by atoms with E-state index in [1.807, 2.05) is 0 Å². The van der Waals surface area contributed by atoms with Crippen molar-refractivity contribution in [1.82, 2.24) is 14.4 Å². The fourth-order valence-corrected chi connectivity index (χ4v) is 3.46. The summed E-state index contributed by atoms with van der Waals surface area (Å²) in [6.45, 7) is 0.211. The maximum absolute atomic E-state index is 11.6. The number of rotatable bonds is 7. The average Bonchev–Trinajstić information content (AvgIpc) is 3.74. The van der Waals surface area contributed by atoms with Crippen molar-refractivity contribution in [2.24, 2.45) is 21.6 Å². The summed E-state index contributed by atoms with van der Waals surface area (Å²) in [6, 6.07) is 13.9. The first-order chi connectivity index (χ1) is 20.7. The lowest BCUT2D eigenvalue weighted by atomic mass is 10.1. The maximum Gasteiger partial charge on any atom is 0.322 e. The third kappa shape index (κ3) is 6.94. The first-order valence-corrected chi connectivity index (χ1v) is 11.3. The summed E-state index contributed by atoms with van der Waals surface area (Å²) in [6.07, 6.45) is 3.78. The zero-order valence-corrected chi connectivity index (χ0v) is 21.6. The number of hydrogen-bond acceptors (Lipinski definition) is 15. The van der Waals surface area contributed by atoms with E-state index in [4.69, 9.17) is 5.90 Å². The van der Waals surface area contributed by atoms with Crippen LogP contribution in [0.5, 0.6) is 11.5 Å². The van der Waals surface area contributed by atoms with Crippen molar-refractivity contribution in [3.63, 3.8) is 0 Å². The van der Waals surface area contributed by atoms with Crippen LogP contribution < -0.4 is 15.5 Å². The Morgan fingerprint density at radius 1 is 0.860 bits per heavy atom. The van der Waals surface area contributed by atoms with Crippen molar-refractivity contribution in [2.45, 2.75) is 0 Å². The lowest BCUT2D eigenvalue weighted by Crippen LogP contribution is -2.35. The van der Waals surface area contributed by atoms with Crippen LogP contribution in [0.1, 0.15) is 20.7 Å². The standard InChI is InChI=1S/C9H7N3O3.C8H8N4O4.C5H5N3O4/c1-10-12(15)11-8(13)6-4-2-3-5-7(6)9(11)14;9-16-15-7-1-2-8-6(5-7)3-4-11(8)12(14)10-13;9-4-12-5-1-2-7(3-5)8(11)6-10/h2-5H,1H3;1-5,13H,9H2;1-4,10H/p-2/b;12-10-;8-6-. The zero-order valence-electron chi connectivity index (χ0n) is 21.6. The molecule has 224 valence electrons. The fourth-order valence-electron chi connectivity index (χ4n) is 3.46. The highest BCUT2D eigenvalue weighted by Gasteiger charge is 2.42. The molecule has 2 N–H and O–H groups in total. The molecule has 4 aromatic rings. The summed E-state index contributed by atoms with van der Waals surface area (Å²) in [4.78, 5) is 41.4. The minimum absolute atomic E-state index is 0.00926. The van der Waals surface area contributed by atoms with Gasteiger partial charge in [-0.05, 0) is 57.1 Å². The molecule has 0 saturated heterocycles. The van der Waals surface area contributed by atoms with Gasteiger partial charge in [0.1, 0.15) is 11.7 Å². The molecule has 0 radical (unpaired) electrons. The van der Waals surface area contributed by atoms with E-state index in [0.29, 0.717) is 21.7 Å². The van der Waals surface area contributed by atoms with Gasteiger partial charge in [0, 0.05) is 26.4 Å². The molecule has 2 amide bonds. The molecule has 2 aromatic carbocycles. The summed E-state index contributed by atoms with van der Waals surface area (Å²) in [7, 11) is 1.20. The third-order valence-corrected chi connectivity index (χ3v) is 5.26. The normalized spacial score (nSPS) is 13.1. The van der Waals surface area contributed by atoms with Gasteiger partial charge in [-0.3, -0.25) is 14.4 Å². The molecule has 0 aliphatic carbocycles. The number of ether oxygens (including phenoxy) is 1. The number of benzene rings is 2. The van der Waals surface area contributed by atoms with Crippen LogP contribution >= 0.6 is 0 Å². The minimum Gasteiger partial charge on any atom is -0.737 e. The van der Waals surface area contributed by atoms with Gasteiger partial charge in [0.15, 0.2) is 11.5 Å². The molecular formula is C22H18N10O11-2. The molecule has 0 atom stereocenters. The van der Waals surface area contributed by atoms with Crippen LogP contribution in [-0.4, -0.2) is 54.6 Å². The molecule has 0 unspecified atom stereocenters. The Morgan fingerprint density at radius 3 is 2.07 bits per heavy atom. The lowest BCUT2D eigenvalue weighted by Gasteiger charge is -2.06. The van der Waals surface area contributed by atoms with Crippen molar-refractivity contribution in [3.8, 4) is 11.5 Å². The van der Waals surface area contributed by atoms with Crippen LogP contribution in [0.2, 0.25) is 0 Å². The number of aromatic nitrogens is 2. The SMILES string of the molecule is CN=[N+]([O-])N1C(=O)c2ccccc2C1=O.NOOc1ccc2c(ccn2/[N+]([O-])=N/[O-])c1.O=COc1ccn(/[N+]([O-])=N/[O-])c1. The number of hydrogen-bond donors (Lipinski definition) is 1. The second kappa shape index (κ2) is 14.1. The Bertz CT molecular complexity index is 1680. The van der Waals surface area contributed by atoms with E-state index in [1.54, 1.807) is 30.3 Å². The number of nitrogens with zero attached hydrogens (tertiary/aromatic N) is 9. The zero-order chi connectivity index (χ0) is 31.5. The maximum atomic E-state index is 11.6. The highest BCUT2D eigenvalue weighted by Crippen LogP contribution is 2.23. The second-order valence-electron chi connectivity index (χ2n) is 7.59. The predicted molar refractivity (Wildman–Crippen MR) is 138 cm³/mol. The molecule has 1 aliphatic rings. The number of imide groups is 1. The Hall–Kier alpha value is -6.61. The van der Waals surface area contributed by atoms with Crippen LogP contribution in [0.4, 0.5) is 0 Å². The molecule has 21 heteroatoms. The van der Waals surface area contributed by atoms with Gasteiger partial charge in [0.2, 0.25) is 0 Å². The summed E-state index contributed by atoms with van der Waals surface area (Å²) in [5.74, 6) is 3.99. The summed E-state index contributed by atoms with van der Waals surface area (Å²) >= 11 is 0. The number of hydrazine groups is 1. The first-order valence-electron chi connectivity index (χ1n) is 11.3. The van der Waals surface area contributed by atoms with Crippen LogP contribution in [-0.2, 0) is 9.78 Å². The van der Waals surface area contributed by atoms with E-state index in [-0.39, 0.29) is 38.3 Å². The molecule has 3 heterocycles. The molecule has 43 heavy (non-hydrogen) atoms. The van der Waals surface area contributed by atoms with Crippen molar-refractivity contribution in [3.05, 3.63) is 110 Å². The third-order valence-electron chi connectivity index (χ3n) is 5.26. The second-order valence-corrected chi connectivity index (χ2v) is 7.59.